The van der Waals surface area contributed by atoms with E-state index in [1.165, 1.54) is 50.9 Å². The number of anilines is 1. The van der Waals surface area contributed by atoms with Crippen LogP contribution >= 0.6 is 0 Å². The highest BCUT2D eigenvalue weighted by Gasteiger charge is 2.18. The highest BCUT2D eigenvalue weighted by atomic mass is 16.5. The molecule has 0 unspecified atom stereocenters. The van der Waals surface area contributed by atoms with Crippen LogP contribution < -0.4 is 9.64 Å². The van der Waals surface area contributed by atoms with E-state index in [1.54, 1.807) is 6.20 Å². The topological polar surface area (TPSA) is 98.9 Å². The van der Waals surface area contributed by atoms with E-state index in [1.807, 2.05) is 24.7 Å². The van der Waals surface area contributed by atoms with Gasteiger partial charge in [0.2, 0.25) is 0 Å². The Hall–Kier alpha value is -3.98. The number of aromatic nitrogens is 6. The molecule has 7 rings (SSSR count). The Morgan fingerprint density at radius 1 is 0.816 bits per heavy atom. The summed E-state index contributed by atoms with van der Waals surface area (Å²) in [5.74, 6) is 0.779. The summed E-state index contributed by atoms with van der Waals surface area (Å²) in [5, 5.41) is 9.81. The molecule has 2 N–H and O–H groups in total. The predicted octanol–water partition coefficient (Wildman–Crippen LogP) is 5.03. The second kappa shape index (κ2) is 10.1. The van der Waals surface area contributed by atoms with Crippen LogP contribution in [-0.2, 0) is 0 Å². The van der Waals surface area contributed by atoms with Crippen molar-refractivity contribution in [2.75, 3.05) is 44.2 Å². The molecule has 5 aromatic heterocycles. The van der Waals surface area contributed by atoms with Crippen molar-refractivity contribution in [3.05, 3.63) is 49.1 Å². The minimum Gasteiger partial charge on any atom is -0.491 e. The number of rotatable bonds is 7. The lowest BCUT2D eigenvalue weighted by Crippen LogP contribution is -2.29. The highest BCUT2D eigenvalue weighted by Crippen LogP contribution is 2.34. The second-order valence-electron chi connectivity index (χ2n) is 10.3. The van der Waals surface area contributed by atoms with Crippen LogP contribution in [0.15, 0.2) is 49.1 Å². The molecule has 9 nitrogen and oxygen atoms in total. The number of piperidine rings is 1. The standard InChI is InChI=1S/C29H32N8O/c1-2-10-37(11-3-1)26-6-7-31-28-23(26)16-25(33-28)27-24-15-21(18-32-29(24)35-34-27)20-14-22(19-30-17-20)38-13-12-36-8-4-5-9-36/h6-7,14-19H,1-5,8-13H2,(H,31,33)(H,32,34,35). The third-order valence-electron chi connectivity index (χ3n) is 7.80. The third-order valence-corrected chi connectivity index (χ3v) is 7.80. The number of H-pyrrole nitrogens is 2. The summed E-state index contributed by atoms with van der Waals surface area (Å²) in [6, 6.07) is 8.46. The van der Waals surface area contributed by atoms with E-state index in [2.05, 4.69) is 58.1 Å². The van der Waals surface area contributed by atoms with Gasteiger partial charge in [0.05, 0.1) is 11.9 Å². The van der Waals surface area contributed by atoms with Gasteiger partial charge in [0.1, 0.15) is 23.7 Å². The molecule has 0 aromatic carbocycles. The SMILES string of the molecule is c1cc(N2CCCCC2)c2cc(-c3n[nH]c4ncc(-c5cncc(OCCN6CCCC6)c5)cc34)[nH]c2n1. The molecule has 9 heteroatoms. The molecule has 194 valence electrons. The van der Waals surface area contributed by atoms with Crippen LogP contribution in [0, 0.1) is 0 Å². The molecular weight excluding hydrogens is 476 g/mol. The van der Waals surface area contributed by atoms with Crippen LogP contribution in [-0.4, -0.2) is 74.4 Å². The minimum absolute atomic E-state index is 0.669. The summed E-state index contributed by atoms with van der Waals surface area (Å²) < 4.78 is 6.03. The molecule has 0 spiro atoms. The molecule has 0 amide bonds. The van der Waals surface area contributed by atoms with E-state index < -0.39 is 0 Å². The molecular formula is C29H32N8O. The Morgan fingerprint density at radius 3 is 2.55 bits per heavy atom. The van der Waals surface area contributed by atoms with Crippen LogP contribution in [0.5, 0.6) is 5.75 Å². The largest absolute Gasteiger partial charge is 0.491 e. The van der Waals surface area contributed by atoms with Crippen molar-refractivity contribution in [2.24, 2.45) is 0 Å². The van der Waals surface area contributed by atoms with Gasteiger partial charge in [-0.3, -0.25) is 15.0 Å². The Morgan fingerprint density at radius 2 is 1.66 bits per heavy atom. The van der Waals surface area contributed by atoms with E-state index in [9.17, 15) is 0 Å². The molecule has 0 atom stereocenters. The number of aromatic amines is 2. The molecule has 7 heterocycles. The van der Waals surface area contributed by atoms with Crippen LogP contribution in [0.3, 0.4) is 0 Å². The smallest absolute Gasteiger partial charge is 0.155 e. The first kappa shape index (κ1) is 23.2. The van der Waals surface area contributed by atoms with Gasteiger partial charge in [0.15, 0.2) is 5.65 Å². The Bertz CT molecular complexity index is 1560. The van der Waals surface area contributed by atoms with E-state index in [0.717, 1.165) is 70.0 Å². The normalized spacial score (nSPS) is 16.6. The van der Waals surface area contributed by atoms with Gasteiger partial charge in [-0.15, -0.1) is 0 Å². The molecule has 5 aromatic rings. The molecule has 0 radical (unpaired) electrons. The molecule has 2 fully saturated rings. The lowest BCUT2D eigenvalue weighted by atomic mass is 10.1. The number of nitrogens with one attached hydrogen (secondary N) is 2. The molecule has 38 heavy (non-hydrogen) atoms. The number of hydrogen-bond donors (Lipinski definition) is 2. The monoisotopic (exact) mass is 508 g/mol. The van der Waals surface area contributed by atoms with Crippen molar-refractivity contribution in [1.29, 1.82) is 0 Å². The molecule has 2 saturated heterocycles. The molecule has 2 aliphatic rings. The Labute approximate surface area is 221 Å². The zero-order valence-corrected chi connectivity index (χ0v) is 21.5. The number of nitrogens with zero attached hydrogens (tertiary/aromatic N) is 6. The molecule has 0 aliphatic carbocycles. The fourth-order valence-corrected chi connectivity index (χ4v) is 5.77. The average molecular weight is 509 g/mol. The van der Waals surface area contributed by atoms with Gasteiger partial charge in [-0.2, -0.15) is 5.10 Å². The minimum atomic E-state index is 0.669. The summed E-state index contributed by atoms with van der Waals surface area (Å²) in [6.07, 6.45) is 13.7. The van der Waals surface area contributed by atoms with Gasteiger partial charge >= 0.3 is 0 Å². The fraction of sp³-hybridized carbons (Fsp3) is 0.379. The van der Waals surface area contributed by atoms with Gasteiger partial charge in [0.25, 0.3) is 0 Å². The molecule has 2 aliphatic heterocycles. The quantitative estimate of drug-likeness (QED) is 0.318. The van der Waals surface area contributed by atoms with Crippen molar-refractivity contribution in [3.8, 4) is 28.3 Å². The predicted molar refractivity (Wildman–Crippen MR) is 149 cm³/mol. The van der Waals surface area contributed by atoms with Crippen LogP contribution in [0.25, 0.3) is 44.6 Å². The lowest BCUT2D eigenvalue weighted by molar-refractivity contribution is 0.237. The summed E-state index contributed by atoms with van der Waals surface area (Å²) >= 11 is 0. The average Bonchev–Trinajstić information content (AvgIpc) is 3.73. The summed E-state index contributed by atoms with van der Waals surface area (Å²) in [4.78, 5) is 22.1. The van der Waals surface area contributed by atoms with Crippen molar-refractivity contribution < 1.29 is 4.74 Å². The van der Waals surface area contributed by atoms with E-state index in [-0.39, 0.29) is 0 Å². The van der Waals surface area contributed by atoms with Gasteiger partial charge in [-0.05, 0) is 69.5 Å². The highest BCUT2D eigenvalue weighted by molar-refractivity contribution is 5.98. The van der Waals surface area contributed by atoms with Crippen molar-refractivity contribution in [1.82, 2.24) is 35.0 Å². The van der Waals surface area contributed by atoms with Gasteiger partial charge in [0, 0.05) is 65.8 Å². The first-order chi connectivity index (χ1) is 18.8. The first-order valence-corrected chi connectivity index (χ1v) is 13.7. The summed E-state index contributed by atoms with van der Waals surface area (Å²) in [5.41, 5.74) is 6.58. The number of fused-ring (bicyclic) bond motifs is 2. The van der Waals surface area contributed by atoms with Gasteiger partial charge in [-0.25, -0.2) is 9.97 Å². The second-order valence-corrected chi connectivity index (χ2v) is 10.3. The van der Waals surface area contributed by atoms with Crippen molar-refractivity contribution in [2.45, 2.75) is 32.1 Å². The maximum atomic E-state index is 6.03. The van der Waals surface area contributed by atoms with Gasteiger partial charge in [-0.1, -0.05) is 0 Å². The van der Waals surface area contributed by atoms with E-state index in [4.69, 9.17) is 4.74 Å². The molecule has 0 bridgehead atoms. The summed E-state index contributed by atoms with van der Waals surface area (Å²) in [7, 11) is 0. The van der Waals surface area contributed by atoms with Crippen LogP contribution in [0.4, 0.5) is 5.69 Å². The Kier molecular flexibility index (Phi) is 6.13. The summed E-state index contributed by atoms with van der Waals surface area (Å²) in [6.45, 7) is 6.15. The van der Waals surface area contributed by atoms with Crippen LogP contribution in [0.2, 0.25) is 0 Å². The van der Waals surface area contributed by atoms with Crippen LogP contribution in [0.1, 0.15) is 32.1 Å². The van der Waals surface area contributed by atoms with E-state index >= 15 is 0 Å². The maximum Gasteiger partial charge on any atom is 0.155 e. The Balaban J connectivity index is 1.18. The maximum absolute atomic E-state index is 6.03. The molecule has 0 saturated carbocycles. The fourth-order valence-electron chi connectivity index (χ4n) is 5.77. The first-order valence-electron chi connectivity index (χ1n) is 13.7. The zero-order valence-electron chi connectivity index (χ0n) is 21.5. The number of pyridine rings is 3. The van der Waals surface area contributed by atoms with Crippen molar-refractivity contribution >= 4 is 27.8 Å². The third kappa shape index (κ3) is 4.47. The number of likely N-dealkylation sites (tertiary alicyclic amines) is 1. The number of ether oxygens (including phenoxy) is 1. The zero-order chi connectivity index (χ0) is 25.3. The van der Waals surface area contributed by atoms with E-state index in [0.29, 0.717) is 6.61 Å². The number of hydrogen-bond acceptors (Lipinski definition) is 7. The lowest BCUT2D eigenvalue weighted by Gasteiger charge is -2.29. The van der Waals surface area contributed by atoms with Crippen molar-refractivity contribution in [3.63, 3.8) is 0 Å². The van der Waals surface area contributed by atoms with Gasteiger partial charge < -0.3 is 14.6 Å².